The van der Waals surface area contributed by atoms with Gasteiger partial charge in [0.05, 0.1) is 12.5 Å². The van der Waals surface area contributed by atoms with E-state index < -0.39 is 12.1 Å². The Morgan fingerprint density at radius 1 is 1.20 bits per heavy atom. The lowest BCUT2D eigenvalue weighted by molar-refractivity contribution is -0.185. The predicted molar refractivity (Wildman–Crippen MR) is 71.6 cm³/mol. The summed E-state index contributed by atoms with van der Waals surface area (Å²) in [7, 11) is 0. The maximum absolute atomic E-state index is 12.6. The first-order chi connectivity index (χ1) is 9.50. The van der Waals surface area contributed by atoms with Crippen molar-refractivity contribution in [2.75, 3.05) is 39.4 Å². The first-order valence-corrected chi connectivity index (χ1v) is 7.61. The Bertz CT molecular complexity index is 289. The minimum Gasteiger partial charge on any atom is -0.381 e. The number of nitrogens with one attached hydrogen (secondary N) is 1. The highest BCUT2D eigenvalue weighted by molar-refractivity contribution is 4.84. The maximum atomic E-state index is 12.6. The zero-order chi connectivity index (χ0) is 14.6. The Hall–Kier alpha value is -0.330. The van der Waals surface area contributed by atoms with E-state index in [0.717, 1.165) is 32.7 Å². The lowest BCUT2D eigenvalue weighted by Crippen LogP contribution is -2.49. The molecule has 2 fully saturated rings. The average molecular weight is 294 g/mol. The van der Waals surface area contributed by atoms with Gasteiger partial charge in [-0.3, -0.25) is 0 Å². The largest absolute Gasteiger partial charge is 0.391 e. The fourth-order valence-electron chi connectivity index (χ4n) is 3.28. The van der Waals surface area contributed by atoms with Crippen molar-refractivity contribution in [1.82, 2.24) is 10.2 Å². The van der Waals surface area contributed by atoms with Gasteiger partial charge in [-0.15, -0.1) is 0 Å². The van der Waals surface area contributed by atoms with Crippen molar-refractivity contribution >= 4 is 0 Å². The number of rotatable bonds is 4. The third kappa shape index (κ3) is 4.33. The highest BCUT2D eigenvalue weighted by atomic mass is 19.4. The second kappa shape index (κ2) is 7.09. The lowest BCUT2D eigenvalue weighted by Gasteiger charge is -2.39. The number of hydrogen-bond acceptors (Lipinski definition) is 3. The van der Waals surface area contributed by atoms with E-state index in [0.29, 0.717) is 25.0 Å². The number of ether oxygens (including phenoxy) is 1. The molecule has 0 saturated carbocycles. The molecule has 118 valence electrons. The van der Waals surface area contributed by atoms with Crippen LogP contribution in [0.1, 0.15) is 26.2 Å². The third-order valence-corrected chi connectivity index (χ3v) is 4.48. The van der Waals surface area contributed by atoms with Gasteiger partial charge in [-0.05, 0) is 38.9 Å². The van der Waals surface area contributed by atoms with Crippen LogP contribution in [0.15, 0.2) is 0 Å². The molecular formula is C14H25F3N2O. The Labute approximate surface area is 118 Å². The van der Waals surface area contributed by atoms with Crippen LogP contribution in [0.3, 0.4) is 0 Å². The molecule has 2 heterocycles. The molecule has 0 aromatic heterocycles. The van der Waals surface area contributed by atoms with E-state index in [9.17, 15) is 13.2 Å². The summed E-state index contributed by atoms with van der Waals surface area (Å²) < 4.78 is 43.5. The zero-order valence-electron chi connectivity index (χ0n) is 12.1. The number of alkyl halides is 3. The van der Waals surface area contributed by atoms with Gasteiger partial charge in [0.1, 0.15) is 0 Å². The number of nitrogens with zero attached hydrogens (tertiary/aromatic N) is 1. The highest BCUT2D eigenvalue weighted by Gasteiger charge is 2.41. The van der Waals surface area contributed by atoms with E-state index in [-0.39, 0.29) is 12.8 Å². The molecule has 0 aromatic rings. The molecule has 2 aliphatic rings. The SMILES string of the molecule is CCNC1CCOCC1CN1CCC(C(F)(F)F)CC1. The summed E-state index contributed by atoms with van der Waals surface area (Å²) in [6, 6.07) is 0.439. The van der Waals surface area contributed by atoms with E-state index in [4.69, 9.17) is 4.74 Å². The minimum absolute atomic E-state index is 0.239. The van der Waals surface area contributed by atoms with Gasteiger partial charge in [0.25, 0.3) is 0 Å². The number of halogens is 3. The standard InChI is InChI=1S/C14H25F3N2O/c1-2-18-13-5-8-20-10-11(13)9-19-6-3-12(4-7-19)14(15,16)17/h11-13,18H,2-10H2,1H3. The molecule has 0 aromatic carbocycles. The van der Waals surface area contributed by atoms with Crippen molar-refractivity contribution in [1.29, 1.82) is 0 Å². The first-order valence-electron chi connectivity index (χ1n) is 7.61. The van der Waals surface area contributed by atoms with Crippen molar-refractivity contribution in [3.05, 3.63) is 0 Å². The third-order valence-electron chi connectivity index (χ3n) is 4.48. The molecule has 3 nitrogen and oxygen atoms in total. The number of piperidine rings is 1. The van der Waals surface area contributed by atoms with Gasteiger partial charge in [0.15, 0.2) is 0 Å². The van der Waals surface area contributed by atoms with Gasteiger partial charge in [-0.25, -0.2) is 0 Å². The van der Waals surface area contributed by atoms with Crippen molar-refractivity contribution in [2.45, 2.75) is 38.4 Å². The Balaban J connectivity index is 1.79. The molecule has 2 unspecified atom stereocenters. The summed E-state index contributed by atoms with van der Waals surface area (Å²) >= 11 is 0. The molecular weight excluding hydrogens is 269 g/mol. The van der Waals surface area contributed by atoms with Crippen LogP contribution >= 0.6 is 0 Å². The fourth-order valence-corrected chi connectivity index (χ4v) is 3.28. The summed E-state index contributed by atoms with van der Waals surface area (Å²) in [6.45, 7) is 6.47. The van der Waals surface area contributed by atoms with Crippen LogP contribution < -0.4 is 5.32 Å². The summed E-state index contributed by atoms with van der Waals surface area (Å²) in [4.78, 5) is 2.17. The van der Waals surface area contributed by atoms with E-state index in [1.807, 2.05) is 0 Å². The lowest BCUT2D eigenvalue weighted by atomic mass is 9.92. The molecule has 2 atom stereocenters. The van der Waals surface area contributed by atoms with Gasteiger partial charge >= 0.3 is 6.18 Å². The van der Waals surface area contributed by atoms with Crippen LogP contribution in [-0.4, -0.2) is 56.5 Å². The van der Waals surface area contributed by atoms with Crippen LogP contribution in [0.4, 0.5) is 13.2 Å². The first kappa shape index (κ1) is 16.0. The molecule has 6 heteroatoms. The molecule has 0 aliphatic carbocycles. The fraction of sp³-hybridized carbons (Fsp3) is 1.00. The van der Waals surface area contributed by atoms with Crippen LogP contribution in [0.2, 0.25) is 0 Å². The molecule has 0 bridgehead atoms. The van der Waals surface area contributed by atoms with Gasteiger partial charge in [0.2, 0.25) is 0 Å². The Kier molecular flexibility index (Phi) is 5.69. The van der Waals surface area contributed by atoms with Crippen LogP contribution in [0.25, 0.3) is 0 Å². The maximum Gasteiger partial charge on any atom is 0.391 e. The molecule has 2 aliphatic heterocycles. The Morgan fingerprint density at radius 3 is 2.50 bits per heavy atom. The van der Waals surface area contributed by atoms with Crippen molar-refractivity contribution in [3.8, 4) is 0 Å². The summed E-state index contributed by atoms with van der Waals surface area (Å²) in [5.74, 6) is -0.711. The van der Waals surface area contributed by atoms with E-state index in [1.165, 1.54) is 0 Å². The second-order valence-corrected chi connectivity index (χ2v) is 5.90. The average Bonchev–Trinajstić information content (AvgIpc) is 2.41. The van der Waals surface area contributed by atoms with Crippen molar-refractivity contribution in [2.24, 2.45) is 11.8 Å². The zero-order valence-corrected chi connectivity index (χ0v) is 12.1. The molecule has 0 amide bonds. The monoisotopic (exact) mass is 294 g/mol. The van der Waals surface area contributed by atoms with Crippen molar-refractivity contribution in [3.63, 3.8) is 0 Å². The van der Waals surface area contributed by atoms with Gasteiger partial charge in [-0.1, -0.05) is 6.92 Å². The summed E-state index contributed by atoms with van der Waals surface area (Å²) in [6.07, 6.45) is -2.55. The molecule has 20 heavy (non-hydrogen) atoms. The Morgan fingerprint density at radius 2 is 1.90 bits per heavy atom. The highest BCUT2D eigenvalue weighted by Crippen LogP contribution is 2.34. The van der Waals surface area contributed by atoms with Gasteiger partial charge < -0.3 is 15.0 Å². The number of hydrogen-bond donors (Lipinski definition) is 1. The van der Waals surface area contributed by atoms with E-state index >= 15 is 0 Å². The van der Waals surface area contributed by atoms with Gasteiger partial charge in [0, 0.05) is 25.1 Å². The van der Waals surface area contributed by atoms with Crippen LogP contribution in [0.5, 0.6) is 0 Å². The molecule has 2 saturated heterocycles. The summed E-state index contributed by atoms with van der Waals surface area (Å²) in [5, 5.41) is 3.47. The molecule has 0 radical (unpaired) electrons. The van der Waals surface area contributed by atoms with Gasteiger partial charge in [-0.2, -0.15) is 13.2 Å². The molecule has 0 spiro atoms. The summed E-state index contributed by atoms with van der Waals surface area (Å²) in [5.41, 5.74) is 0. The van der Waals surface area contributed by atoms with Crippen molar-refractivity contribution < 1.29 is 17.9 Å². The van der Waals surface area contributed by atoms with Crippen LogP contribution in [-0.2, 0) is 4.74 Å². The normalized spacial score (nSPS) is 30.6. The second-order valence-electron chi connectivity index (χ2n) is 5.90. The number of likely N-dealkylation sites (tertiary alicyclic amines) is 1. The topological polar surface area (TPSA) is 24.5 Å². The van der Waals surface area contributed by atoms with E-state index in [2.05, 4.69) is 17.1 Å². The minimum atomic E-state index is -4.02. The smallest absolute Gasteiger partial charge is 0.381 e. The predicted octanol–water partition coefficient (Wildman–Crippen LogP) is 2.28. The molecule has 1 N–H and O–H groups in total. The molecule has 2 rings (SSSR count). The quantitative estimate of drug-likeness (QED) is 0.861. The van der Waals surface area contributed by atoms with E-state index in [1.54, 1.807) is 0 Å². The van der Waals surface area contributed by atoms with Crippen LogP contribution in [0, 0.1) is 11.8 Å².